The van der Waals surface area contributed by atoms with Gasteiger partial charge in [0, 0.05) is 16.7 Å². The van der Waals surface area contributed by atoms with Gasteiger partial charge in [-0.05, 0) is 43.7 Å². The molecular formula is C23H23F3N2O. The van der Waals surface area contributed by atoms with Crippen molar-refractivity contribution in [3.63, 3.8) is 0 Å². The van der Waals surface area contributed by atoms with Crippen molar-refractivity contribution in [2.45, 2.75) is 40.8 Å². The van der Waals surface area contributed by atoms with E-state index in [2.05, 4.69) is 11.4 Å². The summed E-state index contributed by atoms with van der Waals surface area (Å²) >= 11 is 0. The normalized spacial score (nSPS) is 12.8. The molecule has 1 amide bonds. The minimum atomic E-state index is -4.47. The third-order valence-corrected chi connectivity index (χ3v) is 4.34. The van der Waals surface area contributed by atoms with Gasteiger partial charge in [-0.2, -0.15) is 18.4 Å². The van der Waals surface area contributed by atoms with Gasteiger partial charge in [0.2, 0.25) is 0 Å². The maximum atomic E-state index is 12.7. The van der Waals surface area contributed by atoms with Crippen LogP contribution in [0.3, 0.4) is 0 Å². The highest BCUT2D eigenvalue weighted by molar-refractivity contribution is 5.97. The van der Waals surface area contributed by atoms with Crippen molar-refractivity contribution in [1.29, 1.82) is 5.26 Å². The minimum absolute atomic E-state index is 0.0810. The maximum absolute atomic E-state index is 12.7. The predicted molar refractivity (Wildman–Crippen MR) is 107 cm³/mol. The van der Waals surface area contributed by atoms with Crippen LogP contribution < -0.4 is 5.32 Å². The molecule has 152 valence electrons. The van der Waals surface area contributed by atoms with E-state index in [0.717, 1.165) is 35.4 Å². The summed E-state index contributed by atoms with van der Waals surface area (Å²) in [4.78, 5) is 12.7. The van der Waals surface area contributed by atoms with Crippen LogP contribution in [-0.4, -0.2) is 5.91 Å². The number of alkyl halides is 3. The molecule has 0 fully saturated rings. The van der Waals surface area contributed by atoms with Crippen LogP contribution in [0.2, 0.25) is 0 Å². The standard InChI is InChI=1S/C23H23F3N2O/c1-14-10-15(2)12-17(11-14)19(13-27)20(22(3,4)5)28-21(29)16-6-8-18(9-7-16)23(24,25)26/h6-12H,1-5H3,(H,28,29). The van der Waals surface area contributed by atoms with Crippen LogP contribution in [0.15, 0.2) is 48.2 Å². The van der Waals surface area contributed by atoms with Gasteiger partial charge in [0.25, 0.3) is 5.91 Å². The van der Waals surface area contributed by atoms with E-state index < -0.39 is 23.1 Å². The van der Waals surface area contributed by atoms with Gasteiger partial charge in [-0.1, -0.05) is 50.1 Å². The molecule has 0 spiro atoms. The van der Waals surface area contributed by atoms with E-state index in [1.165, 1.54) is 0 Å². The van der Waals surface area contributed by atoms with Crippen LogP contribution in [0.25, 0.3) is 5.57 Å². The lowest BCUT2D eigenvalue weighted by molar-refractivity contribution is -0.137. The SMILES string of the molecule is Cc1cc(C)cc(C(C#N)=C(NC(=O)c2ccc(C(F)(F)F)cc2)C(C)(C)C)c1. The lowest BCUT2D eigenvalue weighted by Gasteiger charge is -2.26. The molecule has 0 aliphatic carbocycles. The first-order chi connectivity index (χ1) is 13.3. The molecule has 0 unspecified atom stereocenters. The second-order valence-corrected chi connectivity index (χ2v) is 8.02. The number of carbonyl (C=O) groups is 1. The van der Waals surface area contributed by atoms with E-state index in [1.807, 2.05) is 52.8 Å². The highest BCUT2D eigenvalue weighted by Crippen LogP contribution is 2.32. The highest BCUT2D eigenvalue weighted by atomic mass is 19.4. The Bertz CT molecular complexity index is 969. The fourth-order valence-corrected chi connectivity index (χ4v) is 3.01. The topological polar surface area (TPSA) is 52.9 Å². The van der Waals surface area contributed by atoms with E-state index >= 15 is 0 Å². The zero-order chi connectivity index (χ0) is 22.0. The Morgan fingerprint density at radius 3 is 1.86 bits per heavy atom. The zero-order valence-corrected chi connectivity index (χ0v) is 17.0. The summed E-state index contributed by atoms with van der Waals surface area (Å²) in [6.45, 7) is 9.41. The number of aryl methyl sites for hydroxylation is 2. The summed E-state index contributed by atoms with van der Waals surface area (Å²) in [5.74, 6) is -0.569. The summed E-state index contributed by atoms with van der Waals surface area (Å²) in [5.41, 5.74) is 2.06. The monoisotopic (exact) mass is 400 g/mol. The van der Waals surface area contributed by atoms with Crippen molar-refractivity contribution in [2.75, 3.05) is 0 Å². The molecule has 0 aliphatic heterocycles. The summed E-state index contributed by atoms with van der Waals surface area (Å²) < 4.78 is 38.2. The average molecular weight is 400 g/mol. The van der Waals surface area contributed by atoms with Gasteiger partial charge >= 0.3 is 6.18 Å². The lowest BCUT2D eigenvalue weighted by Crippen LogP contribution is -2.31. The van der Waals surface area contributed by atoms with E-state index in [0.29, 0.717) is 16.8 Å². The predicted octanol–water partition coefficient (Wildman–Crippen LogP) is 6.03. The first kappa shape index (κ1) is 22.2. The number of hydrogen-bond acceptors (Lipinski definition) is 2. The molecule has 0 saturated heterocycles. The molecule has 6 heteroatoms. The van der Waals surface area contributed by atoms with Crippen LogP contribution in [0.4, 0.5) is 13.2 Å². The molecule has 2 aromatic rings. The fourth-order valence-electron chi connectivity index (χ4n) is 3.01. The Morgan fingerprint density at radius 1 is 0.931 bits per heavy atom. The van der Waals surface area contributed by atoms with Gasteiger partial charge < -0.3 is 5.32 Å². The molecule has 29 heavy (non-hydrogen) atoms. The molecule has 0 atom stereocenters. The molecular weight excluding hydrogens is 377 g/mol. The first-order valence-electron chi connectivity index (χ1n) is 9.05. The number of nitrogens with zero attached hydrogens (tertiary/aromatic N) is 1. The number of nitriles is 1. The van der Waals surface area contributed by atoms with Crippen LogP contribution in [0.5, 0.6) is 0 Å². The maximum Gasteiger partial charge on any atom is 0.416 e. The third-order valence-electron chi connectivity index (χ3n) is 4.34. The van der Waals surface area contributed by atoms with E-state index in [9.17, 15) is 23.2 Å². The van der Waals surface area contributed by atoms with Crippen LogP contribution >= 0.6 is 0 Å². The molecule has 0 radical (unpaired) electrons. The smallest absolute Gasteiger partial charge is 0.324 e. The van der Waals surface area contributed by atoms with Gasteiger partial charge in [0.15, 0.2) is 0 Å². The van der Waals surface area contributed by atoms with Crippen molar-refractivity contribution in [3.05, 3.63) is 76.0 Å². The Balaban J connectivity index is 2.49. The highest BCUT2D eigenvalue weighted by Gasteiger charge is 2.30. The number of rotatable bonds is 3. The van der Waals surface area contributed by atoms with Crippen molar-refractivity contribution in [3.8, 4) is 6.07 Å². The zero-order valence-electron chi connectivity index (χ0n) is 17.0. The molecule has 0 aromatic heterocycles. The average Bonchev–Trinajstić information content (AvgIpc) is 2.59. The van der Waals surface area contributed by atoms with Crippen molar-refractivity contribution >= 4 is 11.5 Å². The number of allylic oxidation sites excluding steroid dienone is 2. The Labute approximate surface area is 168 Å². The first-order valence-corrected chi connectivity index (χ1v) is 9.05. The molecule has 0 bridgehead atoms. The summed E-state index contributed by atoms with van der Waals surface area (Å²) in [7, 11) is 0. The lowest BCUT2D eigenvalue weighted by atomic mass is 9.86. The van der Waals surface area contributed by atoms with E-state index in [-0.39, 0.29) is 5.56 Å². The van der Waals surface area contributed by atoms with Gasteiger partial charge in [-0.15, -0.1) is 0 Å². The van der Waals surface area contributed by atoms with Crippen LogP contribution in [-0.2, 0) is 6.18 Å². The Morgan fingerprint density at radius 2 is 1.45 bits per heavy atom. The van der Waals surface area contributed by atoms with Crippen molar-refractivity contribution < 1.29 is 18.0 Å². The second kappa shape index (κ2) is 8.12. The molecule has 1 N–H and O–H groups in total. The number of hydrogen-bond donors (Lipinski definition) is 1. The summed E-state index contributed by atoms with van der Waals surface area (Å²) in [6, 6.07) is 11.9. The van der Waals surface area contributed by atoms with Gasteiger partial charge in [0.05, 0.1) is 11.1 Å². The number of carbonyl (C=O) groups excluding carboxylic acids is 1. The quantitative estimate of drug-likeness (QED) is 0.639. The minimum Gasteiger partial charge on any atom is -0.324 e. The molecule has 0 aliphatic rings. The Hall–Kier alpha value is -3.07. The van der Waals surface area contributed by atoms with Crippen molar-refractivity contribution in [1.82, 2.24) is 5.32 Å². The van der Waals surface area contributed by atoms with Gasteiger partial charge in [0.1, 0.15) is 6.07 Å². The fraction of sp³-hybridized carbons (Fsp3) is 0.304. The Kier molecular flexibility index (Phi) is 6.22. The van der Waals surface area contributed by atoms with Crippen molar-refractivity contribution in [2.24, 2.45) is 5.41 Å². The molecule has 0 saturated carbocycles. The number of nitrogens with one attached hydrogen (secondary N) is 1. The number of amides is 1. The van der Waals surface area contributed by atoms with Crippen LogP contribution in [0, 0.1) is 30.6 Å². The molecule has 3 nitrogen and oxygen atoms in total. The van der Waals surface area contributed by atoms with Gasteiger partial charge in [-0.25, -0.2) is 0 Å². The van der Waals surface area contributed by atoms with Gasteiger partial charge in [-0.3, -0.25) is 4.79 Å². The second-order valence-electron chi connectivity index (χ2n) is 8.02. The third kappa shape index (κ3) is 5.47. The summed E-state index contributed by atoms with van der Waals surface area (Å²) in [5, 5.41) is 12.6. The van der Waals surface area contributed by atoms with E-state index in [1.54, 1.807) is 0 Å². The molecule has 2 aromatic carbocycles. The molecule has 2 rings (SSSR count). The van der Waals surface area contributed by atoms with E-state index in [4.69, 9.17) is 0 Å². The molecule has 0 heterocycles. The number of benzene rings is 2. The van der Waals surface area contributed by atoms with Crippen LogP contribution in [0.1, 0.15) is 53.4 Å². The summed E-state index contributed by atoms with van der Waals surface area (Å²) in [6.07, 6.45) is -4.47. The number of halogens is 3. The largest absolute Gasteiger partial charge is 0.416 e.